The predicted molar refractivity (Wildman–Crippen MR) is 147 cm³/mol. The minimum atomic E-state index is -0.220. The third kappa shape index (κ3) is 7.32. The summed E-state index contributed by atoms with van der Waals surface area (Å²) in [7, 11) is 1.58. The number of carbonyl (C=O) groups excluding carboxylic acids is 2. The lowest BCUT2D eigenvalue weighted by molar-refractivity contribution is -0.123. The van der Waals surface area contributed by atoms with Gasteiger partial charge in [-0.15, -0.1) is 0 Å². The maximum absolute atomic E-state index is 12.3. The summed E-state index contributed by atoms with van der Waals surface area (Å²) in [6.07, 6.45) is 4.97. The van der Waals surface area contributed by atoms with Crippen molar-refractivity contribution in [3.8, 4) is 11.5 Å². The van der Waals surface area contributed by atoms with Gasteiger partial charge < -0.3 is 20.1 Å². The number of ether oxygens (including phenoxy) is 2. The molecule has 4 aromatic rings. The molecule has 0 aliphatic rings. The Hall–Kier alpha value is -4.36. The number of pyridine rings is 1. The number of nitrogens with zero attached hydrogens (tertiary/aromatic N) is 1. The SMILES string of the molecule is COc1ccc(C(=O)/C=C/c2ccc(OCC(=O)NCCNc3ccnc4cc(Cl)ccc34)cc2)cc1. The van der Waals surface area contributed by atoms with Crippen molar-refractivity contribution in [2.75, 3.05) is 32.1 Å². The Morgan fingerprint density at radius 2 is 1.70 bits per heavy atom. The van der Waals surface area contributed by atoms with Crippen LogP contribution in [0, 0.1) is 0 Å². The van der Waals surface area contributed by atoms with Crippen LogP contribution in [0.2, 0.25) is 5.02 Å². The van der Waals surface area contributed by atoms with E-state index < -0.39 is 0 Å². The molecule has 2 N–H and O–H groups in total. The highest BCUT2D eigenvalue weighted by molar-refractivity contribution is 6.31. The molecule has 0 fully saturated rings. The number of hydrogen-bond donors (Lipinski definition) is 2. The second kappa shape index (κ2) is 12.6. The van der Waals surface area contributed by atoms with E-state index >= 15 is 0 Å². The van der Waals surface area contributed by atoms with Crippen LogP contribution in [0.5, 0.6) is 11.5 Å². The summed E-state index contributed by atoms with van der Waals surface area (Å²) in [6, 6.07) is 21.5. The van der Waals surface area contributed by atoms with Gasteiger partial charge >= 0.3 is 0 Å². The molecule has 8 heteroatoms. The number of methoxy groups -OCH3 is 1. The first-order valence-corrected chi connectivity index (χ1v) is 12.0. The molecule has 1 aromatic heterocycles. The van der Waals surface area contributed by atoms with Crippen LogP contribution in [-0.2, 0) is 4.79 Å². The van der Waals surface area contributed by atoms with Gasteiger partial charge in [0.2, 0.25) is 0 Å². The van der Waals surface area contributed by atoms with Crippen LogP contribution in [0.1, 0.15) is 15.9 Å². The summed E-state index contributed by atoms with van der Waals surface area (Å²) in [6.45, 7) is 0.886. The van der Waals surface area contributed by atoms with Crippen LogP contribution >= 0.6 is 11.6 Å². The molecule has 188 valence electrons. The molecule has 7 nitrogen and oxygen atoms in total. The van der Waals surface area contributed by atoms with Gasteiger partial charge in [0, 0.05) is 40.9 Å². The Morgan fingerprint density at radius 1 is 0.946 bits per heavy atom. The Morgan fingerprint density at radius 3 is 2.46 bits per heavy atom. The summed E-state index contributed by atoms with van der Waals surface area (Å²) in [5.41, 5.74) is 3.15. The molecule has 1 amide bonds. The van der Waals surface area contributed by atoms with Crippen molar-refractivity contribution < 1.29 is 19.1 Å². The molecular weight excluding hydrogens is 490 g/mol. The predicted octanol–water partition coefficient (Wildman–Crippen LogP) is 5.40. The zero-order valence-electron chi connectivity index (χ0n) is 20.2. The highest BCUT2D eigenvalue weighted by Gasteiger charge is 2.05. The summed E-state index contributed by atoms with van der Waals surface area (Å²) in [5, 5.41) is 7.73. The third-order valence-corrected chi connectivity index (χ3v) is 5.75. The van der Waals surface area contributed by atoms with E-state index in [0.717, 1.165) is 22.2 Å². The number of ketones is 1. The number of nitrogens with one attached hydrogen (secondary N) is 2. The molecule has 0 saturated heterocycles. The van der Waals surface area contributed by atoms with E-state index in [1.165, 1.54) is 6.08 Å². The van der Waals surface area contributed by atoms with Crippen molar-refractivity contribution in [1.29, 1.82) is 0 Å². The van der Waals surface area contributed by atoms with Crippen molar-refractivity contribution >= 4 is 46.0 Å². The van der Waals surface area contributed by atoms with Crippen molar-refractivity contribution in [2.24, 2.45) is 0 Å². The molecule has 0 radical (unpaired) electrons. The minimum Gasteiger partial charge on any atom is -0.497 e. The highest BCUT2D eigenvalue weighted by atomic mass is 35.5. The number of halogens is 1. The lowest BCUT2D eigenvalue weighted by Gasteiger charge is -2.11. The first-order valence-electron chi connectivity index (χ1n) is 11.7. The summed E-state index contributed by atoms with van der Waals surface area (Å²) >= 11 is 6.03. The molecule has 0 saturated carbocycles. The molecular formula is C29H26ClN3O4. The average molecular weight is 516 g/mol. The van der Waals surface area contributed by atoms with Gasteiger partial charge in [0.1, 0.15) is 11.5 Å². The summed E-state index contributed by atoms with van der Waals surface area (Å²) in [5.74, 6) is 0.943. The lowest BCUT2D eigenvalue weighted by atomic mass is 10.1. The topological polar surface area (TPSA) is 89.5 Å². The molecule has 4 rings (SSSR count). The van der Waals surface area contributed by atoms with E-state index in [2.05, 4.69) is 15.6 Å². The van der Waals surface area contributed by atoms with Gasteiger partial charge in [-0.3, -0.25) is 14.6 Å². The Bertz CT molecular complexity index is 1400. The van der Waals surface area contributed by atoms with E-state index in [0.29, 0.717) is 35.2 Å². The molecule has 0 atom stereocenters. The van der Waals surface area contributed by atoms with Crippen LogP contribution in [-0.4, -0.2) is 43.5 Å². The van der Waals surface area contributed by atoms with Crippen molar-refractivity contribution in [3.63, 3.8) is 0 Å². The lowest BCUT2D eigenvalue weighted by Crippen LogP contribution is -2.32. The number of rotatable bonds is 11. The van der Waals surface area contributed by atoms with Crippen LogP contribution in [0.15, 0.2) is 85.1 Å². The fourth-order valence-corrected chi connectivity index (χ4v) is 3.74. The number of carbonyl (C=O) groups is 2. The minimum absolute atomic E-state index is 0.0954. The van der Waals surface area contributed by atoms with Crippen molar-refractivity contribution in [1.82, 2.24) is 10.3 Å². The smallest absolute Gasteiger partial charge is 0.258 e. The largest absolute Gasteiger partial charge is 0.497 e. The van der Waals surface area contributed by atoms with Gasteiger partial charge in [0.15, 0.2) is 12.4 Å². The molecule has 0 aliphatic carbocycles. The fourth-order valence-electron chi connectivity index (χ4n) is 3.57. The van der Waals surface area contributed by atoms with Crippen LogP contribution < -0.4 is 20.1 Å². The highest BCUT2D eigenvalue weighted by Crippen LogP contribution is 2.24. The van der Waals surface area contributed by atoms with Crippen LogP contribution in [0.3, 0.4) is 0 Å². The number of aromatic nitrogens is 1. The molecule has 0 unspecified atom stereocenters. The van der Waals surface area contributed by atoms with Crippen molar-refractivity contribution in [2.45, 2.75) is 0 Å². The zero-order chi connectivity index (χ0) is 26.0. The molecule has 0 bridgehead atoms. The maximum Gasteiger partial charge on any atom is 0.258 e. The summed E-state index contributed by atoms with van der Waals surface area (Å²) < 4.78 is 10.7. The first kappa shape index (κ1) is 25.7. The monoisotopic (exact) mass is 515 g/mol. The standard InChI is InChI=1S/C29H26ClN3O4/c1-36-23-10-5-21(6-11-23)28(34)13-4-20-2-8-24(9-3-20)37-19-29(35)33-17-16-32-26-14-15-31-27-18-22(30)7-12-25(26)27/h2-15,18H,16-17,19H2,1H3,(H,31,32)(H,33,35)/b13-4+. The van der Waals surface area contributed by atoms with E-state index in [-0.39, 0.29) is 18.3 Å². The van der Waals surface area contributed by atoms with Gasteiger partial charge in [0.25, 0.3) is 5.91 Å². The molecule has 0 spiro atoms. The first-order chi connectivity index (χ1) is 18.0. The molecule has 3 aromatic carbocycles. The second-order valence-corrected chi connectivity index (χ2v) is 8.52. The number of amides is 1. The average Bonchev–Trinajstić information content (AvgIpc) is 2.93. The van der Waals surface area contributed by atoms with Gasteiger partial charge in [0.05, 0.1) is 12.6 Å². The van der Waals surface area contributed by atoms with E-state index in [4.69, 9.17) is 21.1 Å². The number of allylic oxidation sites excluding steroid dienone is 1. The molecule has 1 heterocycles. The van der Waals surface area contributed by atoms with Crippen molar-refractivity contribution in [3.05, 3.63) is 101 Å². The number of benzene rings is 3. The van der Waals surface area contributed by atoms with E-state index in [1.807, 2.05) is 36.4 Å². The van der Waals surface area contributed by atoms with E-state index in [9.17, 15) is 9.59 Å². The van der Waals surface area contributed by atoms with Gasteiger partial charge in [-0.2, -0.15) is 0 Å². The second-order valence-electron chi connectivity index (χ2n) is 8.08. The molecule has 37 heavy (non-hydrogen) atoms. The normalized spacial score (nSPS) is 10.9. The van der Waals surface area contributed by atoms with Gasteiger partial charge in [-0.05, 0) is 72.3 Å². The number of hydrogen-bond acceptors (Lipinski definition) is 6. The Balaban J connectivity index is 1.18. The van der Waals surface area contributed by atoms with Gasteiger partial charge in [-0.25, -0.2) is 0 Å². The summed E-state index contributed by atoms with van der Waals surface area (Å²) in [4.78, 5) is 28.8. The van der Waals surface area contributed by atoms with Crippen LogP contribution in [0.25, 0.3) is 17.0 Å². The fraction of sp³-hybridized carbons (Fsp3) is 0.138. The Kier molecular flexibility index (Phi) is 8.73. The molecule has 0 aliphatic heterocycles. The maximum atomic E-state index is 12.3. The van der Waals surface area contributed by atoms with E-state index in [1.54, 1.807) is 55.8 Å². The third-order valence-electron chi connectivity index (χ3n) is 5.52. The Labute approximate surface area is 220 Å². The number of anilines is 1. The number of fused-ring (bicyclic) bond motifs is 1. The quantitative estimate of drug-likeness (QED) is 0.158. The van der Waals surface area contributed by atoms with Gasteiger partial charge in [-0.1, -0.05) is 29.8 Å². The van der Waals surface area contributed by atoms with Crippen LogP contribution in [0.4, 0.5) is 5.69 Å². The zero-order valence-corrected chi connectivity index (χ0v) is 21.0.